The van der Waals surface area contributed by atoms with Crippen LogP contribution in [-0.2, 0) is 16.1 Å². The van der Waals surface area contributed by atoms with Crippen LogP contribution < -0.4 is 0 Å². The maximum atomic E-state index is 11.2. The van der Waals surface area contributed by atoms with Gasteiger partial charge in [0.15, 0.2) is 5.65 Å². The van der Waals surface area contributed by atoms with Crippen LogP contribution in [0.25, 0.3) is 11.2 Å². The number of hydrogen-bond donors (Lipinski definition) is 1. The van der Waals surface area contributed by atoms with Crippen molar-refractivity contribution in [3.63, 3.8) is 0 Å². The average Bonchev–Trinajstić information content (AvgIpc) is 2.84. The summed E-state index contributed by atoms with van der Waals surface area (Å²) >= 11 is 3.38. The lowest BCUT2D eigenvalue weighted by molar-refractivity contribution is -0.141. The second-order valence-corrected chi connectivity index (χ2v) is 5.32. The Morgan fingerprint density at radius 3 is 3.05 bits per heavy atom. The Morgan fingerprint density at radius 1 is 1.55 bits per heavy atom. The number of fused-ring (bicyclic) bond motifs is 1. The zero-order chi connectivity index (χ0) is 14.5. The van der Waals surface area contributed by atoms with E-state index in [2.05, 4.69) is 47.4 Å². The van der Waals surface area contributed by atoms with Gasteiger partial charge in [0.1, 0.15) is 5.82 Å². The van der Waals surface area contributed by atoms with Crippen molar-refractivity contribution in [3.8, 4) is 0 Å². The summed E-state index contributed by atoms with van der Waals surface area (Å²) in [5.41, 5.74) is 1.60. The number of carbonyl (C=O) groups is 1. The number of esters is 1. The van der Waals surface area contributed by atoms with Gasteiger partial charge in [-0.3, -0.25) is 9.69 Å². The second-order valence-electron chi connectivity index (χ2n) is 4.40. The highest BCUT2D eigenvalue weighted by atomic mass is 79.9. The van der Waals surface area contributed by atoms with Crippen LogP contribution in [-0.4, -0.2) is 46.0 Å². The molecule has 2 heterocycles. The molecule has 6 nitrogen and oxygen atoms in total. The summed E-state index contributed by atoms with van der Waals surface area (Å²) < 4.78 is 5.57. The molecule has 0 saturated heterocycles. The van der Waals surface area contributed by atoms with Crippen molar-refractivity contribution in [2.75, 3.05) is 20.2 Å². The van der Waals surface area contributed by atoms with E-state index in [4.69, 9.17) is 0 Å². The number of hydrogen-bond acceptors (Lipinski definition) is 5. The van der Waals surface area contributed by atoms with Gasteiger partial charge in [0.05, 0.1) is 25.6 Å². The van der Waals surface area contributed by atoms with Crippen molar-refractivity contribution in [2.45, 2.75) is 19.9 Å². The molecule has 0 radical (unpaired) electrons. The number of aromatic nitrogens is 3. The van der Waals surface area contributed by atoms with Crippen LogP contribution in [0.1, 0.15) is 19.2 Å². The van der Waals surface area contributed by atoms with Gasteiger partial charge in [0.2, 0.25) is 0 Å². The first-order valence-electron chi connectivity index (χ1n) is 6.41. The zero-order valence-electron chi connectivity index (χ0n) is 11.5. The van der Waals surface area contributed by atoms with Gasteiger partial charge < -0.3 is 9.72 Å². The van der Waals surface area contributed by atoms with E-state index >= 15 is 0 Å². The first-order chi connectivity index (χ1) is 9.62. The van der Waals surface area contributed by atoms with E-state index in [1.807, 2.05) is 6.07 Å². The van der Waals surface area contributed by atoms with E-state index in [9.17, 15) is 4.79 Å². The summed E-state index contributed by atoms with van der Waals surface area (Å²) in [4.78, 5) is 25.2. The number of nitrogens with zero attached hydrogens (tertiary/aromatic N) is 3. The number of H-pyrrole nitrogens is 1. The predicted octanol–water partition coefficient (Wildman–Crippen LogP) is 2.11. The summed E-state index contributed by atoms with van der Waals surface area (Å²) in [5.74, 6) is 0.649. The van der Waals surface area contributed by atoms with Gasteiger partial charge in [-0.25, -0.2) is 9.97 Å². The van der Waals surface area contributed by atoms with Crippen LogP contribution in [0.15, 0.2) is 16.7 Å². The lowest BCUT2D eigenvalue weighted by Gasteiger charge is -2.17. The monoisotopic (exact) mass is 340 g/mol. The molecule has 0 fully saturated rings. The summed E-state index contributed by atoms with van der Waals surface area (Å²) in [6, 6.07) is 1.95. The topological polar surface area (TPSA) is 71.1 Å². The Bertz CT molecular complexity index is 599. The zero-order valence-corrected chi connectivity index (χ0v) is 13.1. The van der Waals surface area contributed by atoms with Gasteiger partial charge in [0.25, 0.3) is 0 Å². The Kier molecular flexibility index (Phi) is 5.08. The van der Waals surface area contributed by atoms with E-state index in [1.165, 1.54) is 7.11 Å². The van der Waals surface area contributed by atoms with Gasteiger partial charge in [-0.1, -0.05) is 6.92 Å². The molecular weight excluding hydrogens is 324 g/mol. The Hall–Kier alpha value is -1.47. The average molecular weight is 341 g/mol. The third-order valence-electron chi connectivity index (χ3n) is 3.03. The Labute approximate surface area is 125 Å². The fourth-order valence-electron chi connectivity index (χ4n) is 1.91. The smallest absolute Gasteiger partial charge is 0.306 e. The van der Waals surface area contributed by atoms with Crippen molar-refractivity contribution >= 4 is 33.1 Å². The number of rotatable bonds is 6. The van der Waals surface area contributed by atoms with E-state index in [1.54, 1.807) is 6.20 Å². The van der Waals surface area contributed by atoms with Crippen molar-refractivity contribution in [1.29, 1.82) is 0 Å². The summed E-state index contributed by atoms with van der Waals surface area (Å²) in [6.07, 6.45) is 2.11. The minimum atomic E-state index is -0.196. The fraction of sp³-hybridized carbons (Fsp3) is 0.462. The number of aromatic amines is 1. The van der Waals surface area contributed by atoms with Gasteiger partial charge in [0, 0.05) is 17.2 Å². The van der Waals surface area contributed by atoms with Crippen molar-refractivity contribution in [2.24, 2.45) is 0 Å². The van der Waals surface area contributed by atoms with E-state index in [0.29, 0.717) is 25.2 Å². The lowest BCUT2D eigenvalue weighted by Crippen LogP contribution is -2.26. The lowest BCUT2D eigenvalue weighted by atomic mass is 10.3. The second kappa shape index (κ2) is 6.81. The molecule has 0 bridgehead atoms. The number of pyridine rings is 1. The van der Waals surface area contributed by atoms with Crippen LogP contribution in [0, 0.1) is 0 Å². The summed E-state index contributed by atoms with van der Waals surface area (Å²) in [7, 11) is 1.40. The third kappa shape index (κ3) is 3.77. The molecule has 1 N–H and O–H groups in total. The van der Waals surface area contributed by atoms with Crippen LogP contribution in [0.4, 0.5) is 0 Å². The van der Waals surface area contributed by atoms with Gasteiger partial charge >= 0.3 is 5.97 Å². The highest BCUT2D eigenvalue weighted by Crippen LogP contribution is 2.15. The fourth-order valence-corrected chi connectivity index (χ4v) is 2.24. The molecule has 0 aliphatic carbocycles. The quantitative estimate of drug-likeness (QED) is 0.815. The molecule has 0 saturated carbocycles. The van der Waals surface area contributed by atoms with Gasteiger partial charge in [-0.05, 0) is 28.5 Å². The molecular formula is C13H17BrN4O2. The van der Waals surface area contributed by atoms with Crippen molar-refractivity contribution in [3.05, 3.63) is 22.6 Å². The number of imidazole rings is 1. The van der Waals surface area contributed by atoms with Gasteiger partial charge in [-0.2, -0.15) is 0 Å². The van der Waals surface area contributed by atoms with Crippen LogP contribution in [0.2, 0.25) is 0 Å². The molecule has 0 aliphatic rings. The van der Waals surface area contributed by atoms with Crippen LogP contribution >= 0.6 is 15.9 Å². The molecule has 0 spiro atoms. The van der Waals surface area contributed by atoms with Gasteiger partial charge in [-0.15, -0.1) is 0 Å². The first kappa shape index (κ1) is 14.9. The molecule has 2 aromatic heterocycles. The Balaban J connectivity index is 2.03. The highest BCUT2D eigenvalue weighted by Gasteiger charge is 2.11. The summed E-state index contributed by atoms with van der Waals surface area (Å²) in [6.45, 7) is 4.19. The van der Waals surface area contributed by atoms with E-state index in [-0.39, 0.29) is 5.97 Å². The molecule has 7 heteroatoms. The first-order valence-corrected chi connectivity index (χ1v) is 7.21. The standard InChI is InChI=1S/C13H17BrN4O2/c1-3-18(5-4-12(19)20-2)8-11-16-10-6-9(14)7-15-13(10)17-11/h6-7H,3-5,8H2,1-2H3,(H,15,16,17). The number of methoxy groups -OCH3 is 1. The SMILES string of the molecule is CCN(CCC(=O)OC)Cc1nc2ncc(Br)cc2[nH]1. The van der Waals surface area contributed by atoms with E-state index in [0.717, 1.165) is 22.4 Å². The molecule has 108 valence electrons. The molecule has 2 rings (SSSR count). The maximum absolute atomic E-state index is 11.2. The maximum Gasteiger partial charge on any atom is 0.306 e. The molecule has 2 aromatic rings. The molecule has 0 unspecified atom stereocenters. The minimum absolute atomic E-state index is 0.196. The van der Waals surface area contributed by atoms with Crippen molar-refractivity contribution < 1.29 is 9.53 Å². The predicted molar refractivity (Wildman–Crippen MR) is 79.2 cm³/mol. The van der Waals surface area contributed by atoms with Crippen LogP contribution in [0.5, 0.6) is 0 Å². The highest BCUT2D eigenvalue weighted by molar-refractivity contribution is 9.10. The Morgan fingerprint density at radius 2 is 2.35 bits per heavy atom. The van der Waals surface area contributed by atoms with E-state index < -0.39 is 0 Å². The number of nitrogens with one attached hydrogen (secondary N) is 1. The van der Waals surface area contributed by atoms with Crippen LogP contribution in [0.3, 0.4) is 0 Å². The molecule has 0 amide bonds. The van der Waals surface area contributed by atoms with Crippen molar-refractivity contribution in [1.82, 2.24) is 19.9 Å². The molecule has 0 atom stereocenters. The number of carbonyl (C=O) groups excluding carboxylic acids is 1. The summed E-state index contributed by atoms with van der Waals surface area (Å²) in [5, 5.41) is 0. The third-order valence-corrected chi connectivity index (χ3v) is 3.47. The molecule has 0 aromatic carbocycles. The minimum Gasteiger partial charge on any atom is -0.469 e. The normalized spacial score (nSPS) is 11.2. The largest absolute Gasteiger partial charge is 0.469 e. The number of ether oxygens (including phenoxy) is 1. The number of halogens is 1. The molecule has 20 heavy (non-hydrogen) atoms. The molecule has 0 aliphatic heterocycles.